The lowest BCUT2D eigenvalue weighted by molar-refractivity contribution is -0.166. The number of hydrogen-bond acceptors (Lipinski definition) is 8. The molecule has 222 valence electrons. The SMILES string of the molecule is CC(C)(C)OC(=O)CC(C)(C)C(=O)OCc1ccccc1-c1ccc2nc(N)nc(C(=O)N3Cc4ccccc4C3)c2c1. The molecule has 5 rings (SSSR count). The van der Waals surface area contributed by atoms with E-state index in [1.807, 2.05) is 66.7 Å². The van der Waals surface area contributed by atoms with Crippen LogP contribution in [-0.4, -0.2) is 38.3 Å². The molecule has 2 heterocycles. The molecule has 0 unspecified atom stereocenters. The highest BCUT2D eigenvalue weighted by Gasteiger charge is 2.34. The van der Waals surface area contributed by atoms with E-state index in [4.69, 9.17) is 15.2 Å². The minimum absolute atomic E-state index is 0.000847. The maximum Gasteiger partial charge on any atom is 0.312 e. The summed E-state index contributed by atoms with van der Waals surface area (Å²) < 4.78 is 11.1. The zero-order chi connectivity index (χ0) is 30.9. The van der Waals surface area contributed by atoms with Crippen molar-refractivity contribution in [1.29, 1.82) is 0 Å². The van der Waals surface area contributed by atoms with Crippen molar-refractivity contribution in [3.63, 3.8) is 0 Å². The number of hydrogen-bond donors (Lipinski definition) is 1. The first-order chi connectivity index (χ1) is 20.3. The molecule has 9 nitrogen and oxygen atoms in total. The molecule has 0 saturated heterocycles. The molecule has 0 aliphatic carbocycles. The van der Waals surface area contributed by atoms with Gasteiger partial charge in [-0.05, 0) is 74.6 Å². The highest BCUT2D eigenvalue weighted by molar-refractivity contribution is 6.06. The Balaban J connectivity index is 1.39. The van der Waals surface area contributed by atoms with Crippen LogP contribution >= 0.6 is 0 Å². The summed E-state index contributed by atoms with van der Waals surface area (Å²) in [6.07, 6.45) is -0.0997. The van der Waals surface area contributed by atoms with Crippen LogP contribution in [0.2, 0.25) is 0 Å². The number of ether oxygens (including phenoxy) is 2. The van der Waals surface area contributed by atoms with E-state index in [-0.39, 0.29) is 30.6 Å². The number of nitrogen functional groups attached to an aromatic ring is 1. The van der Waals surface area contributed by atoms with Crippen molar-refractivity contribution in [3.05, 3.63) is 89.1 Å². The molecular formula is C34H36N4O5. The van der Waals surface area contributed by atoms with E-state index in [1.165, 1.54) is 0 Å². The quantitative estimate of drug-likeness (QED) is 0.271. The first kappa shape index (κ1) is 29.7. The standard InChI is InChI=1S/C34H36N4O5/c1-33(2,3)43-28(39)17-34(4,5)31(41)42-20-24-12-8-9-13-25(24)21-14-15-27-26(16-21)29(37-32(35)36-27)30(40)38-18-22-10-6-7-11-23(22)19-38/h6-16H,17-20H2,1-5H3,(H2,35,36,37). The van der Waals surface area contributed by atoms with Crippen LogP contribution in [0.25, 0.3) is 22.0 Å². The van der Waals surface area contributed by atoms with E-state index >= 15 is 0 Å². The predicted molar refractivity (Wildman–Crippen MR) is 163 cm³/mol. The fourth-order valence-corrected chi connectivity index (χ4v) is 5.18. The van der Waals surface area contributed by atoms with E-state index < -0.39 is 23.0 Å². The summed E-state index contributed by atoms with van der Waals surface area (Å²) in [5, 5.41) is 0.581. The van der Waals surface area contributed by atoms with Crippen molar-refractivity contribution in [1.82, 2.24) is 14.9 Å². The molecule has 1 aromatic heterocycles. The summed E-state index contributed by atoms with van der Waals surface area (Å²) >= 11 is 0. The van der Waals surface area contributed by atoms with E-state index in [0.29, 0.717) is 24.0 Å². The highest BCUT2D eigenvalue weighted by atomic mass is 16.6. The van der Waals surface area contributed by atoms with Crippen molar-refractivity contribution < 1.29 is 23.9 Å². The van der Waals surface area contributed by atoms with E-state index in [9.17, 15) is 14.4 Å². The summed E-state index contributed by atoms with van der Waals surface area (Å²) in [7, 11) is 0. The van der Waals surface area contributed by atoms with Gasteiger partial charge in [-0.25, -0.2) is 9.97 Å². The van der Waals surface area contributed by atoms with Crippen LogP contribution in [0, 0.1) is 5.41 Å². The summed E-state index contributed by atoms with van der Waals surface area (Å²) in [6, 6.07) is 21.1. The number of amides is 1. The fourth-order valence-electron chi connectivity index (χ4n) is 5.18. The third-order valence-electron chi connectivity index (χ3n) is 7.29. The van der Waals surface area contributed by atoms with Gasteiger partial charge < -0.3 is 20.1 Å². The Morgan fingerprint density at radius 3 is 2.21 bits per heavy atom. The molecule has 0 atom stereocenters. The van der Waals surface area contributed by atoms with Gasteiger partial charge >= 0.3 is 11.9 Å². The summed E-state index contributed by atoms with van der Waals surface area (Å²) in [5.41, 5.74) is 9.72. The molecule has 0 spiro atoms. The molecule has 0 radical (unpaired) electrons. The molecule has 0 saturated carbocycles. The third kappa shape index (κ3) is 6.66. The number of benzene rings is 3. The highest BCUT2D eigenvalue weighted by Crippen LogP contribution is 2.32. The zero-order valence-corrected chi connectivity index (χ0v) is 25.1. The number of fused-ring (bicyclic) bond motifs is 2. The van der Waals surface area contributed by atoms with Crippen LogP contribution in [0.4, 0.5) is 5.95 Å². The minimum Gasteiger partial charge on any atom is -0.460 e. The van der Waals surface area contributed by atoms with Crippen LogP contribution in [0.5, 0.6) is 0 Å². The third-order valence-corrected chi connectivity index (χ3v) is 7.29. The van der Waals surface area contributed by atoms with Crippen LogP contribution in [0.3, 0.4) is 0 Å². The lowest BCUT2D eigenvalue weighted by Crippen LogP contribution is -2.33. The van der Waals surface area contributed by atoms with Crippen LogP contribution in [0.1, 0.15) is 68.2 Å². The molecule has 9 heteroatoms. The van der Waals surface area contributed by atoms with Crippen molar-refractivity contribution >= 4 is 34.7 Å². The topological polar surface area (TPSA) is 125 Å². The number of nitrogens with zero attached hydrogens (tertiary/aromatic N) is 3. The van der Waals surface area contributed by atoms with Gasteiger partial charge in [0.1, 0.15) is 17.9 Å². The second kappa shape index (κ2) is 11.5. The normalized spacial score (nSPS) is 13.1. The van der Waals surface area contributed by atoms with Gasteiger partial charge in [0.15, 0.2) is 0 Å². The largest absolute Gasteiger partial charge is 0.460 e. The molecule has 1 amide bonds. The molecule has 1 aliphatic rings. The molecule has 1 aliphatic heterocycles. The van der Waals surface area contributed by atoms with Gasteiger partial charge in [-0.2, -0.15) is 0 Å². The van der Waals surface area contributed by atoms with Gasteiger partial charge in [0.05, 0.1) is 17.4 Å². The monoisotopic (exact) mass is 580 g/mol. The smallest absolute Gasteiger partial charge is 0.312 e. The number of esters is 2. The van der Waals surface area contributed by atoms with E-state index in [0.717, 1.165) is 27.8 Å². The Labute approximate surface area is 251 Å². The van der Waals surface area contributed by atoms with Gasteiger partial charge in [0.2, 0.25) is 5.95 Å². The van der Waals surface area contributed by atoms with Crippen LogP contribution in [-0.2, 0) is 38.8 Å². The van der Waals surface area contributed by atoms with Gasteiger partial charge in [-0.15, -0.1) is 0 Å². The van der Waals surface area contributed by atoms with Crippen LogP contribution in [0.15, 0.2) is 66.7 Å². The zero-order valence-electron chi connectivity index (χ0n) is 25.1. The van der Waals surface area contributed by atoms with Gasteiger partial charge in [-0.3, -0.25) is 14.4 Å². The number of anilines is 1. The average Bonchev–Trinajstić information content (AvgIpc) is 3.38. The lowest BCUT2D eigenvalue weighted by Gasteiger charge is -2.25. The Morgan fingerprint density at radius 1 is 0.884 bits per heavy atom. The molecule has 2 N–H and O–H groups in total. The Kier molecular flexibility index (Phi) is 7.92. The number of nitrogens with two attached hydrogens (primary N) is 1. The number of aromatic nitrogens is 2. The lowest BCUT2D eigenvalue weighted by atomic mass is 9.89. The van der Waals surface area contributed by atoms with E-state index in [2.05, 4.69) is 9.97 Å². The maximum atomic E-state index is 13.7. The molecule has 0 bridgehead atoms. The Bertz CT molecular complexity index is 1700. The molecule has 3 aromatic carbocycles. The first-order valence-corrected chi connectivity index (χ1v) is 14.2. The van der Waals surface area contributed by atoms with Crippen molar-refractivity contribution in [2.24, 2.45) is 5.41 Å². The molecular weight excluding hydrogens is 544 g/mol. The number of rotatable bonds is 7. The summed E-state index contributed by atoms with van der Waals surface area (Å²) in [6.45, 7) is 9.68. The second-order valence-corrected chi connectivity index (χ2v) is 12.5. The molecule has 4 aromatic rings. The van der Waals surface area contributed by atoms with Crippen molar-refractivity contribution in [2.75, 3.05) is 5.73 Å². The average molecular weight is 581 g/mol. The maximum absolute atomic E-state index is 13.7. The Morgan fingerprint density at radius 2 is 1.53 bits per heavy atom. The molecule has 0 fully saturated rings. The first-order valence-electron chi connectivity index (χ1n) is 14.2. The number of carbonyl (C=O) groups excluding carboxylic acids is 3. The molecule has 43 heavy (non-hydrogen) atoms. The van der Waals surface area contributed by atoms with Gasteiger partial charge in [0.25, 0.3) is 5.91 Å². The number of carbonyl (C=O) groups is 3. The summed E-state index contributed by atoms with van der Waals surface area (Å²) in [5.74, 6) is -1.16. The van der Waals surface area contributed by atoms with Crippen molar-refractivity contribution in [2.45, 2.75) is 66.3 Å². The second-order valence-electron chi connectivity index (χ2n) is 12.5. The van der Waals surface area contributed by atoms with Gasteiger partial charge in [-0.1, -0.05) is 54.6 Å². The summed E-state index contributed by atoms with van der Waals surface area (Å²) in [4.78, 5) is 49.6. The predicted octanol–water partition coefficient (Wildman–Crippen LogP) is 5.84. The van der Waals surface area contributed by atoms with Crippen LogP contribution < -0.4 is 5.73 Å². The van der Waals surface area contributed by atoms with Gasteiger partial charge in [0, 0.05) is 18.5 Å². The van der Waals surface area contributed by atoms with Crippen molar-refractivity contribution in [3.8, 4) is 11.1 Å². The Hall–Kier alpha value is -4.79. The minimum atomic E-state index is -1.07. The van der Waals surface area contributed by atoms with E-state index in [1.54, 1.807) is 39.5 Å². The fraction of sp³-hybridized carbons (Fsp3) is 0.324.